The van der Waals surface area contributed by atoms with Crippen molar-refractivity contribution in [2.75, 3.05) is 5.75 Å². The molecule has 0 saturated heterocycles. The highest BCUT2D eigenvalue weighted by Gasteiger charge is 2.62. The number of nitrogens with zero attached hydrogens (tertiary/aromatic N) is 1. The zero-order chi connectivity index (χ0) is 21.4. The first-order valence-electron chi connectivity index (χ1n) is 8.60. The van der Waals surface area contributed by atoms with E-state index in [0.717, 1.165) is 12.1 Å². The van der Waals surface area contributed by atoms with Crippen LogP contribution in [0.15, 0.2) is 52.5 Å². The maximum absolute atomic E-state index is 14.0. The van der Waals surface area contributed by atoms with E-state index in [9.17, 15) is 21.6 Å². The van der Waals surface area contributed by atoms with E-state index in [1.807, 2.05) is 0 Å². The standard InChI is InChI=1S/C19H16Cl2F3NO3S/c1-2-7-29(26,27)16-5-3-12(4-6-16)17-11-18(28-25-17,19(22,23)24)13-8-14(20)10-15(21)9-13/h3-6,8-10H,2,7,11H2,1H3. The molecule has 156 valence electrons. The second kappa shape index (κ2) is 7.81. The van der Waals surface area contributed by atoms with Crippen LogP contribution < -0.4 is 0 Å². The molecule has 1 heterocycles. The second-order valence-electron chi connectivity index (χ2n) is 6.63. The Kier molecular flexibility index (Phi) is 5.91. The first-order chi connectivity index (χ1) is 13.5. The van der Waals surface area contributed by atoms with Crippen LogP contribution in [0.25, 0.3) is 0 Å². The van der Waals surface area contributed by atoms with Crippen LogP contribution in [0.1, 0.15) is 30.9 Å². The molecule has 0 radical (unpaired) electrons. The third kappa shape index (κ3) is 4.25. The average molecular weight is 466 g/mol. The molecule has 0 N–H and O–H groups in total. The Bertz CT molecular complexity index is 1030. The summed E-state index contributed by atoms with van der Waals surface area (Å²) in [5.41, 5.74) is -2.62. The van der Waals surface area contributed by atoms with Crippen molar-refractivity contribution in [3.8, 4) is 0 Å². The first kappa shape index (κ1) is 21.9. The van der Waals surface area contributed by atoms with Crippen molar-refractivity contribution in [1.82, 2.24) is 0 Å². The van der Waals surface area contributed by atoms with Gasteiger partial charge in [0.15, 0.2) is 9.84 Å². The molecule has 1 atom stereocenters. The van der Waals surface area contributed by atoms with Crippen LogP contribution in [-0.4, -0.2) is 26.1 Å². The molecule has 0 saturated carbocycles. The molecule has 2 aromatic rings. The van der Waals surface area contributed by atoms with Gasteiger partial charge in [-0.15, -0.1) is 0 Å². The minimum atomic E-state index is -4.79. The molecular formula is C19H16Cl2F3NO3S. The highest BCUT2D eigenvalue weighted by molar-refractivity contribution is 7.91. The second-order valence-corrected chi connectivity index (χ2v) is 9.61. The highest BCUT2D eigenvalue weighted by atomic mass is 35.5. The molecule has 10 heteroatoms. The molecule has 1 aliphatic heterocycles. The molecule has 1 unspecified atom stereocenters. The van der Waals surface area contributed by atoms with Gasteiger partial charge in [-0.2, -0.15) is 13.2 Å². The van der Waals surface area contributed by atoms with E-state index in [1.165, 1.54) is 30.3 Å². The quantitative estimate of drug-likeness (QED) is 0.563. The van der Waals surface area contributed by atoms with Gasteiger partial charge in [-0.25, -0.2) is 8.42 Å². The van der Waals surface area contributed by atoms with Crippen molar-refractivity contribution in [3.05, 3.63) is 63.6 Å². The van der Waals surface area contributed by atoms with Crippen LogP contribution in [0.3, 0.4) is 0 Å². The summed E-state index contributed by atoms with van der Waals surface area (Å²) in [5, 5.41) is 3.73. The molecule has 0 spiro atoms. The number of sulfone groups is 1. The number of benzene rings is 2. The molecule has 3 rings (SSSR count). The van der Waals surface area contributed by atoms with Gasteiger partial charge in [-0.1, -0.05) is 47.4 Å². The van der Waals surface area contributed by atoms with Crippen molar-refractivity contribution in [3.63, 3.8) is 0 Å². The van der Waals surface area contributed by atoms with Crippen molar-refractivity contribution < 1.29 is 26.4 Å². The first-order valence-corrected chi connectivity index (χ1v) is 11.0. The lowest BCUT2D eigenvalue weighted by Gasteiger charge is -2.29. The molecule has 2 aromatic carbocycles. The van der Waals surface area contributed by atoms with Crippen LogP contribution in [-0.2, 0) is 20.3 Å². The molecular weight excluding hydrogens is 450 g/mol. The van der Waals surface area contributed by atoms with E-state index >= 15 is 0 Å². The maximum atomic E-state index is 14.0. The van der Waals surface area contributed by atoms with Crippen molar-refractivity contribution >= 4 is 38.8 Å². The van der Waals surface area contributed by atoms with Crippen LogP contribution in [0.5, 0.6) is 0 Å². The van der Waals surface area contributed by atoms with Gasteiger partial charge in [0.2, 0.25) is 0 Å². The lowest BCUT2D eigenvalue weighted by atomic mass is 9.86. The topological polar surface area (TPSA) is 55.7 Å². The minimum Gasteiger partial charge on any atom is -0.374 e. The molecule has 0 aromatic heterocycles. The minimum absolute atomic E-state index is 0.0108. The summed E-state index contributed by atoms with van der Waals surface area (Å²) in [6.45, 7) is 1.75. The Morgan fingerprint density at radius 3 is 2.21 bits per heavy atom. The maximum Gasteiger partial charge on any atom is 0.435 e. The van der Waals surface area contributed by atoms with Crippen LogP contribution >= 0.6 is 23.2 Å². The van der Waals surface area contributed by atoms with Gasteiger partial charge in [-0.3, -0.25) is 0 Å². The van der Waals surface area contributed by atoms with Crippen molar-refractivity contribution in [1.29, 1.82) is 0 Å². The highest BCUT2D eigenvalue weighted by Crippen LogP contribution is 2.49. The number of hydrogen-bond donors (Lipinski definition) is 0. The number of oxime groups is 1. The van der Waals surface area contributed by atoms with Gasteiger partial charge in [0.25, 0.3) is 5.60 Å². The summed E-state index contributed by atoms with van der Waals surface area (Å²) >= 11 is 11.8. The fourth-order valence-electron chi connectivity index (χ4n) is 3.09. The van der Waals surface area contributed by atoms with Gasteiger partial charge in [0, 0.05) is 22.0 Å². The van der Waals surface area contributed by atoms with E-state index in [1.54, 1.807) is 6.92 Å². The summed E-state index contributed by atoms with van der Waals surface area (Å²) in [6, 6.07) is 9.14. The number of halogens is 5. The lowest BCUT2D eigenvalue weighted by Crippen LogP contribution is -2.42. The van der Waals surface area contributed by atoms with E-state index < -0.39 is 28.0 Å². The van der Waals surface area contributed by atoms with E-state index in [-0.39, 0.29) is 32.0 Å². The predicted octanol–water partition coefficient (Wildman–Crippen LogP) is 5.76. The molecule has 0 bridgehead atoms. The Labute approximate surface area is 176 Å². The van der Waals surface area contributed by atoms with Gasteiger partial charge in [0.05, 0.1) is 16.4 Å². The molecule has 29 heavy (non-hydrogen) atoms. The molecule has 0 aliphatic carbocycles. The lowest BCUT2D eigenvalue weighted by molar-refractivity contribution is -0.275. The number of hydrogen-bond acceptors (Lipinski definition) is 4. The number of rotatable bonds is 5. The fraction of sp³-hybridized carbons (Fsp3) is 0.316. The average Bonchev–Trinajstić information content (AvgIpc) is 3.08. The smallest absolute Gasteiger partial charge is 0.374 e. The summed E-state index contributed by atoms with van der Waals surface area (Å²) in [6.07, 6.45) is -4.94. The Balaban J connectivity index is 1.95. The van der Waals surface area contributed by atoms with E-state index in [4.69, 9.17) is 28.0 Å². The largest absolute Gasteiger partial charge is 0.435 e. The van der Waals surface area contributed by atoms with E-state index in [2.05, 4.69) is 5.16 Å². The Morgan fingerprint density at radius 1 is 1.10 bits per heavy atom. The Morgan fingerprint density at radius 2 is 1.69 bits per heavy atom. The predicted molar refractivity (Wildman–Crippen MR) is 105 cm³/mol. The summed E-state index contributed by atoms with van der Waals surface area (Å²) < 4.78 is 66.2. The summed E-state index contributed by atoms with van der Waals surface area (Å²) in [7, 11) is -3.43. The SMILES string of the molecule is CCCS(=O)(=O)c1ccc(C2=NOC(c3cc(Cl)cc(Cl)c3)(C(F)(F)F)C2)cc1. The molecule has 4 nitrogen and oxygen atoms in total. The van der Waals surface area contributed by atoms with Gasteiger partial charge in [0.1, 0.15) is 0 Å². The molecule has 0 amide bonds. The number of alkyl halides is 3. The summed E-state index contributed by atoms with van der Waals surface area (Å²) in [4.78, 5) is 5.03. The van der Waals surface area contributed by atoms with Gasteiger partial charge >= 0.3 is 6.18 Å². The monoisotopic (exact) mass is 465 g/mol. The van der Waals surface area contributed by atoms with Crippen LogP contribution in [0.4, 0.5) is 13.2 Å². The van der Waals surface area contributed by atoms with Crippen molar-refractivity contribution in [2.45, 2.75) is 36.4 Å². The van der Waals surface area contributed by atoms with E-state index in [0.29, 0.717) is 12.0 Å². The zero-order valence-electron chi connectivity index (χ0n) is 15.1. The van der Waals surface area contributed by atoms with Crippen LogP contribution in [0, 0.1) is 0 Å². The van der Waals surface area contributed by atoms with Gasteiger partial charge < -0.3 is 4.84 Å². The van der Waals surface area contributed by atoms with Crippen LogP contribution in [0.2, 0.25) is 10.0 Å². The van der Waals surface area contributed by atoms with Gasteiger partial charge in [-0.05, 0) is 42.3 Å². The van der Waals surface area contributed by atoms with Crippen molar-refractivity contribution in [2.24, 2.45) is 5.16 Å². The zero-order valence-corrected chi connectivity index (χ0v) is 17.5. The fourth-order valence-corrected chi connectivity index (χ4v) is 4.94. The summed E-state index contributed by atoms with van der Waals surface area (Å²) in [5.74, 6) is -0.0108. The molecule has 0 fully saturated rings. The normalized spacial score (nSPS) is 19.7. The third-order valence-electron chi connectivity index (χ3n) is 4.53. The third-order valence-corrected chi connectivity index (χ3v) is 6.91. The Hall–Kier alpha value is -1.77. The molecule has 1 aliphatic rings.